The molecule has 1 heterocycles. The van der Waals surface area contributed by atoms with Crippen LogP contribution >= 0.6 is 35.3 Å². The molecule has 11 heteroatoms. The molecule has 0 saturated heterocycles. The number of halogens is 2. The van der Waals surface area contributed by atoms with Crippen molar-refractivity contribution < 1.29 is 13.2 Å². The molecule has 2 aromatic rings. The number of hydrogen-bond acceptors (Lipinski definition) is 6. The maximum atomic E-state index is 12.9. The molecule has 0 saturated carbocycles. The fourth-order valence-electron chi connectivity index (χ4n) is 2.50. The predicted octanol–water partition coefficient (Wildman–Crippen LogP) is 2.94. The summed E-state index contributed by atoms with van der Waals surface area (Å²) in [6, 6.07) is 5.38. The van der Waals surface area contributed by atoms with Crippen LogP contribution in [0.2, 0.25) is 5.02 Å². The Hall–Kier alpha value is -0.970. The molecule has 1 aromatic carbocycles. The number of anilines is 1. The summed E-state index contributed by atoms with van der Waals surface area (Å²) < 4.78 is 25.3. The zero-order valence-electron chi connectivity index (χ0n) is 16.4. The summed E-state index contributed by atoms with van der Waals surface area (Å²) in [5, 5.41) is 1.15. The van der Waals surface area contributed by atoms with E-state index in [2.05, 4.69) is 23.7 Å². The van der Waals surface area contributed by atoms with Crippen LogP contribution in [0, 0.1) is 0 Å². The minimum atomic E-state index is -3.44. The third-order valence-electron chi connectivity index (χ3n) is 4.33. The zero-order chi connectivity index (χ0) is 20.2. The maximum Gasteiger partial charge on any atom is 0.244 e. The Morgan fingerprint density at radius 3 is 2.43 bits per heavy atom. The van der Waals surface area contributed by atoms with E-state index in [-0.39, 0.29) is 24.9 Å². The number of sulfonamides is 1. The predicted molar refractivity (Wildman–Crippen MR) is 119 cm³/mol. The van der Waals surface area contributed by atoms with Crippen molar-refractivity contribution in [2.24, 2.45) is 0 Å². The van der Waals surface area contributed by atoms with Crippen molar-refractivity contribution in [2.45, 2.75) is 13.8 Å². The van der Waals surface area contributed by atoms with E-state index in [1.165, 1.54) is 18.4 Å². The highest BCUT2D eigenvalue weighted by Gasteiger charge is 2.24. The molecule has 1 aromatic heterocycles. The number of aromatic nitrogens is 1. The summed E-state index contributed by atoms with van der Waals surface area (Å²) in [5.41, 5.74) is 0.761. The van der Waals surface area contributed by atoms with Crippen molar-refractivity contribution in [2.75, 3.05) is 50.9 Å². The number of carbonyl (C=O) groups is 1. The summed E-state index contributed by atoms with van der Waals surface area (Å²) in [4.78, 5) is 21.2. The van der Waals surface area contributed by atoms with Crippen molar-refractivity contribution in [1.29, 1.82) is 0 Å². The Balaban J connectivity index is 0.00000392. The number of fused-ring (bicyclic) bond motifs is 1. The first-order valence-corrected chi connectivity index (χ1v) is 11.7. The van der Waals surface area contributed by atoms with Gasteiger partial charge in [0.1, 0.15) is 0 Å². The monoisotopic (exact) mass is 468 g/mol. The normalized spacial score (nSPS) is 11.8. The highest BCUT2D eigenvalue weighted by Crippen LogP contribution is 2.31. The summed E-state index contributed by atoms with van der Waals surface area (Å²) in [5.74, 6) is -0.305. The molecule has 0 aliphatic rings. The smallest absolute Gasteiger partial charge is 0.244 e. The van der Waals surface area contributed by atoms with Gasteiger partial charge in [0.25, 0.3) is 0 Å². The molecule has 2 rings (SSSR count). The lowest BCUT2D eigenvalue weighted by atomic mass is 10.3. The molecule has 0 spiro atoms. The first-order chi connectivity index (χ1) is 12.7. The SMILES string of the molecule is CCN(CC)CCN(C(=O)CN(C)S(C)(=O)=O)c1nc2ccc(Cl)cc2s1.Cl. The standard InChI is InChI=1S/C17H25ClN4O3S2.ClH/c1-5-21(6-2)9-10-22(16(23)12-20(3)27(4,24)25)17-19-14-8-7-13(18)11-15(14)26-17;/h7-8,11H,5-6,9-10,12H2,1-4H3;1H. The van der Waals surface area contributed by atoms with Gasteiger partial charge in [0.2, 0.25) is 15.9 Å². The van der Waals surface area contributed by atoms with Crippen molar-refractivity contribution in [3.8, 4) is 0 Å². The van der Waals surface area contributed by atoms with Crippen molar-refractivity contribution in [3.63, 3.8) is 0 Å². The second-order valence-corrected chi connectivity index (χ2v) is 9.73. The number of rotatable bonds is 9. The van der Waals surface area contributed by atoms with Crippen LogP contribution in [0.25, 0.3) is 10.2 Å². The molecular formula is C17H26Cl2N4O3S2. The van der Waals surface area contributed by atoms with E-state index in [4.69, 9.17) is 11.6 Å². The van der Waals surface area contributed by atoms with E-state index in [1.807, 2.05) is 12.1 Å². The molecular weight excluding hydrogens is 443 g/mol. The molecule has 0 unspecified atom stereocenters. The van der Waals surface area contributed by atoms with Gasteiger partial charge in [0.15, 0.2) is 5.13 Å². The number of nitrogens with zero attached hydrogens (tertiary/aromatic N) is 4. The van der Waals surface area contributed by atoms with Gasteiger partial charge in [-0.3, -0.25) is 9.69 Å². The van der Waals surface area contributed by atoms with Gasteiger partial charge in [-0.2, -0.15) is 4.31 Å². The molecule has 0 aliphatic heterocycles. The van der Waals surface area contributed by atoms with E-state index in [9.17, 15) is 13.2 Å². The first-order valence-electron chi connectivity index (χ1n) is 8.65. The van der Waals surface area contributed by atoms with Crippen LogP contribution in [0.4, 0.5) is 5.13 Å². The minimum absolute atomic E-state index is 0. The van der Waals surface area contributed by atoms with E-state index in [0.717, 1.165) is 33.9 Å². The number of hydrogen-bond donors (Lipinski definition) is 0. The quantitative estimate of drug-likeness (QED) is 0.565. The van der Waals surface area contributed by atoms with Crippen LogP contribution in [0.5, 0.6) is 0 Å². The second kappa shape index (κ2) is 10.7. The second-order valence-electron chi connectivity index (χ2n) is 6.20. The Labute approximate surface area is 181 Å². The molecule has 28 heavy (non-hydrogen) atoms. The van der Waals surface area contributed by atoms with Crippen LogP contribution in [-0.2, 0) is 14.8 Å². The summed E-state index contributed by atoms with van der Waals surface area (Å²) >= 11 is 7.42. The molecule has 7 nitrogen and oxygen atoms in total. The molecule has 0 radical (unpaired) electrons. The molecule has 1 amide bonds. The minimum Gasteiger partial charge on any atom is -0.302 e. The molecule has 0 fully saturated rings. The lowest BCUT2D eigenvalue weighted by molar-refractivity contribution is -0.118. The fraction of sp³-hybridized carbons (Fsp3) is 0.529. The molecule has 0 aliphatic carbocycles. The van der Waals surface area contributed by atoms with E-state index >= 15 is 0 Å². The number of likely N-dealkylation sites (N-methyl/N-ethyl adjacent to an activating group) is 2. The lowest BCUT2D eigenvalue weighted by Gasteiger charge is -2.26. The summed E-state index contributed by atoms with van der Waals surface area (Å²) in [6.07, 6.45) is 1.08. The van der Waals surface area contributed by atoms with Crippen LogP contribution in [-0.4, -0.2) is 74.5 Å². The van der Waals surface area contributed by atoms with Gasteiger partial charge in [-0.25, -0.2) is 13.4 Å². The van der Waals surface area contributed by atoms with Crippen LogP contribution in [0.15, 0.2) is 18.2 Å². The van der Waals surface area contributed by atoms with Crippen molar-refractivity contribution in [3.05, 3.63) is 23.2 Å². The third-order valence-corrected chi connectivity index (χ3v) is 6.87. The Morgan fingerprint density at radius 2 is 1.86 bits per heavy atom. The largest absolute Gasteiger partial charge is 0.302 e. The zero-order valence-corrected chi connectivity index (χ0v) is 19.6. The number of benzene rings is 1. The third kappa shape index (κ3) is 6.53. The van der Waals surface area contributed by atoms with Crippen LogP contribution in [0.1, 0.15) is 13.8 Å². The summed E-state index contributed by atoms with van der Waals surface area (Å²) in [6.45, 7) is 6.76. The highest BCUT2D eigenvalue weighted by atomic mass is 35.5. The topological polar surface area (TPSA) is 73.8 Å². The molecule has 0 N–H and O–H groups in total. The molecule has 0 atom stereocenters. The number of amides is 1. The van der Waals surface area contributed by atoms with Gasteiger partial charge in [0.05, 0.1) is 23.0 Å². The Kier molecular flexibility index (Phi) is 9.58. The lowest BCUT2D eigenvalue weighted by Crippen LogP contribution is -2.44. The van der Waals surface area contributed by atoms with Gasteiger partial charge in [-0.15, -0.1) is 12.4 Å². The van der Waals surface area contributed by atoms with E-state index in [0.29, 0.717) is 23.2 Å². The highest BCUT2D eigenvalue weighted by molar-refractivity contribution is 7.88. The van der Waals surface area contributed by atoms with Crippen molar-refractivity contribution in [1.82, 2.24) is 14.2 Å². The first kappa shape index (κ1) is 25.1. The van der Waals surface area contributed by atoms with Crippen molar-refractivity contribution >= 4 is 66.6 Å². The van der Waals surface area contributed by atoms with E-state index in [1.54, 1.807) is 11.0 Å². The van der Waals surface area contributed by atoms with Gasteiger partial charge in [0, 0.05) is 25.2 Å². The maximum absolute atomic E-state index is 12.9. The Bertz CT molecular complexity index is 901. The molecule has 0 bridgehead atoms. The van der Waals surface area contributed by atoms with Crippen LogP contribution < -0.4 is 4.90 Å². The fourth-order valence-corrected chi connectivity index (χ4v) is 4.13. The van der Waals surface area contributed by atoms with Gasteiger partial charge >= 0.3 is 0 Å². The summed E-state index contributed by atoms with van der Waals surface area (Å²) in [7, 11) is -2.05. The Morgan fingerprint density at radius 1 is 1.21 bits per heavy atom. The number of carbonyl (C=O) groups excluding carboxylic acids is 1. The van der Waals surface area contributed by atoms with E-state index < -0.39 is 10.0 Å². The molecule has 158 valence electrons. The van der Waals surface area contributed by atoms with Gasteiger partial charge < -0.3 is 4.90 Å². The van der Waals surface area contributed by atoms with Gasteiger partial charge in [-0.1, -0.05) is 36.8 Å². The average Bonchev–Trinajstić information content (AvgIpc) is 3.00. The van der Waals surface area contributed by atoms with Crippen LogP contribution in [0.3, 0.4) is 0 Å². The van der Waals surface area contributed by atoms with Gasteiger partial charge in [-0.05, 0) is 31.3 Å². The number of thiazole rings is 1. The average molecular weight is 469 g/mol.